The van der Waals surface area contributed by atoms with Crippen molar-refractivity contribution >= 4 is 0 Å². The molecule has 1 unspecified atom stereocenters. The number of hydrogen-bond donors (Lipinski definition) is 0. The second-order valence-electron chi connectivity index (χ2n) is 4.01. The van der Waals surface area contributed by atoms with Crippen molar-refractivity contribution in [2.45, 2.75) is 51.4 Å². The van der Waals surface area contributed by atoms with Gasteiger partial charge in [0.2, 0.25) is 0 Å². The summed E-state index contributed by atoms with van der Waals surface area (Å²) in [5.74, 6) is 1.01. The lowest BCUT2D eigenvalue weighted by Crippen LogP contribution is -2.08. The first kappa shape index (κ1) is 7.39. The molecule has 0 bridgehead atoms. The zero-order chi connectivity index (χ0) is 7.52. The molecule has 0 aromatic rings. The van der Waals surface area contributed by atoms with Crippen LogP contribution in [0.2, 0.25) is 0 Å². The lowest BCUT2D eigenvalue weighted by molar-refractivity contribution is 0.424. The molecule has 0 saturated heterocycles. The van der Waals surface area contributed by atoms with E-state index in [0.29, 0.717) is 0 Å². The van der Waals surface area contributed by atoms with E-state index in [0.717, 1.165) is 5.92 Å². The minimum absolute atomic E-state index is 1.01. The highest BCUT2D eigenvalue weighted by molar-refractivity contribution is 5.10. The van der Waals surface area contributed by atoms with E-state index in [1.165, 1.54) is 51.4 Å². The smallest absolute Gasteiger partial charge is 0.0203 e. The van der Waals surface area contributed by atoms with Gasteiger partial charge in [0.1, 0.15) is 0 Å². The molecule has 2 aliphatic carbocycles. The van der Waals surface area contributed by atoms with E-state index in [-0.39, 0.29) is 0 Å². The van der Waals surface area contributed by atoms with Gasteiger partial charge in [0.05, 0.1) is 0 Å². The fraction of sp³-hybridized carbons (Fsp3) is 0.818. The fourth-order valence-electron chi connectivity index (χ4n) is 2.53. The van der Waals surface area contributed by atoms with Crippen LogP contribution in [-0.4, -0.2) is 0 Å². The molecule has 11 heavy (non-hydrogen) atoms. The average Bonchev–Trinajstić information content (AvgIpc) is 2.28. The van der Waals surface area contributed by atoms with Crippen molar-refractivity contribution in [3.05, 3.63) is 11.6 Å². The van der Waals surface area contributed by atoms with Crippen molar-refractivity contribution in [3.8, 4) is 0 Å². The molecule has 1 saturated carbocycles. The van der Waals surface area contributed by atoms with E-state index in [1.54, 1.807) is 0 Å². The van der Waals surface area contributed by atoms with E-state index >= 15 is 0 Å². The van der Waals surface area contributed by atoms with Crippen molar-refractivity contribution in [2.75, 3.05) is 0 Å². The maximum Gasteiger partial charge on any atom is -0.0203 e. The molecule has 0 radical (unpaired) electrons. The Hall–Kier alpha value is -0.260. The van der Waals surface area contributed by atoms with Crippen molar-refractivity contribution in [1.29, 1.82) is 0 Å². The lowest BCUT2D eigenvalue weighted by atomic mass is 9.82. The predicted octanol–water partition coefficient (Wildman–Crippen LogP) is 3.68. The fourth-order valence-corrected chi connectivity index (χ4v) is 2.53. The van der Waals surface area contributed by atoms with E-state index in [9.17, 15) is 0 Å². The first-order valence-corrected chi connectivity index (χ1v) is 5.16. The summed E-state index contributed by atoms with van der Waals surface area (Å²) >= 11 is 0. The third-order valence-corrected chi connectivity index (χ3v) is 3.21. The molecule has 0 N–H and O–H groups in total. The molecule has 2 aliphatic rings. The summed E-state index contributed by atoms with van der Waals surface area (Å²) in [7, 11) is 0. The molecule has 0 aromatic carbocycles. The number of fused-ring (bicyclic) bond motifs is 1. The minimum Gasteiger partial charge on any atom is -0.0851 e. The highest BCUT2D eigenvalue weighted by atomic mass is 14.2. The molecule has 0 aromatic heterocycles. The van der Waals surface area contributed by atoms with Crippen molar-refractivity contribution in [2.24, 2.45) is 5.92 Å². The number of rotatable bonds is 0. The van der Waals surface area contributed by atoms with E-state index < -0.39 is 0 Å². The molecule has 2 rings (SSSR count). The molecular formula is C11H18. The Kier molecular flexibility index (Phi) is 2.30. The Morgan fingerprint density at radius 1 is 1.00 bits per heavy atom. The van der Waals surface area contributed by atoms with Crippen LogP contribution in [-0.2, 0) is 0 Å². The molecule has 0 heterocycles. The van der Waals surface area contributed by atoms with E-state index in [2.05, 4.69) is 6.08 Å². The van der Waals surface area contributed by atoms with Crippen molar-refractivity contribution < 1.29 is 0 Å². The Morgan fingerprint density at radius 2 is 1.82 bits per heavy atom. The van der Waals surface area contributed by atoms with Crippen LogP contribution in [0, 0.1) is 5.92 Å². The summed E-state index contributed by atoms with van der Waals surface area (Å²) in [5, 5.41) is 0. The average molecular weight is 150 g/mol. The van der Waals surface area contributed by atoms with Gasteiger partial charge in [0.25, 0.3) is 0 Å². The number of allylic oxidation sites excluding steroid dienone is 2. The largest absolute Gasteiger partial charge is 0.0851 e. The quantitative estimate of drug-likeness (QED) is 0.462. The van der Waals surface area contributed by atoms with Crippen LogP contribution in [0.25, 0.3) is 0 Å². The van der Waals surface area contributed by atoms with Crippen LogP contribution < -0.4 is 0 Å². The van der Waals surface area contributed by atoms with Crippen LogP contribution in [0.15, 0.2) is 11.6 Å². The first-order chi connectivity index (χ1) is 5.47. The van der Waals surface area contributed by atoms with Gasteiger partial charge >= 0.3 is 0 Å². The zero-order valence-corrected chi connectivity index (χ0v) is 7.31. The normalized spacial score (nSPS) is 32.0. The van der Waals surface area contributed by atoms with E-state index in [1.807, 2.05) is 5.57 Å². The molecule has 0 nitrogen and oxygen atoms in total. The summed E-state index contributed by atoms with van der Waals surface area (Å²) < 4.78 is 0. The van der Waals surface area contributed by atoms with Gasteiger partial charge in [-0.15, -0.1) is 0 Å². The molecule has 0 amide bonds. The van der Waals surface area contributed by atoms with Crippen LogP contribution in [0.4, 0.5) is 0 Å². The third kappa shape index (κ3) is 1.66. The highest BCUT2D eigenvalue weighted by Crippen LogP contribution is 2.35. The summed E-state index contributed by atoms with van der Waals surface area (Å²) in [4.78, 5) is 0. The minimum atomic E-state index is 1.01. The van der Waals surface area contributed by atoms with Gasteiger partial charge in [-0.25, -0.2) is 0 Å². The summed E-state index contributed by atoms with van der Waals surface area (Å²) in [5.41, 5.74) is 1.81. The second kappa shape index (κ2) is 3.42. The predicted molar refractivity (Wildman–Crippen MR) is 48.5 cm³/mol. The molecule has 1 atom stereocenters. The lowest BCUT2D eigenvalue weighted by Gasteiger charge is -2.23. The van der Waals surface area contributed by atoms with Gasteiger partial charge in [0.15, 0.2) is 0 Å². The zero-order valence-electron chi connectivity index (χ0n) is 7.31. The summed E-state index contributed by atoms with van der Waals surface area (Å²) in [6.07, 6.45) is 14.2. The maximum absolute atomic E-state index is 2.54. The van der Waals surface area contributed by atoms with Gasteiger partial charge in [-0.3, -0.25) is 0 Å². The third-order valence-electron chi connectivity index (χ3n) is 3.21. The Labute approximate surface area is 69.7 Å². The topological polar surface area (TPSA) is 0 Å². The molecular weight excluding hydrogens is 132 g/mol. The van der Waals surface area contributed by atoms with Gasteiger partial charge in [-0.05, 0) is 44.4 Å². The van der Waals surface area contributed by atoms with Crippen LogP contribution in [0.3, 0.4) is 0 Å². The van der Waals surface area contributed by atoms with Gasteiger partial charge in [-0.1, -0.05) is 24.5 Å². The molecule has 62 valence electrons. The molecule has 1 fully saturated rings. The molecule has 0 spiro atoms. The van der Waals surface area contributed by atoms with Crippen molar-refractivity contribution in [1.82, 2.24) is 0 Å². The standard InChI is InChI=1S/C11H18/c1-2-6-10-8-4-5-9-11(10)7-3-1/h6,11H,1-5,7-9H2. The summed E-state index contributed by atoms with van der Waals surface area (Å²) in [6, 6.07) is 0. The van der Waals surface area contributed by atoms with Gasteiger partial charge < -0.3 is 0 Å². The van der Waals surface area contributed by atoms with Crippen LogP contribution in [0.5, 0.6) is 0 Å². The van der Waals surface area contributed by atoms with Crippen LogP contribution in [0.1, 0.15) is 51.4 Å². The summed E-state index contributed by atoms with van der Waals surface area (Å²) in [6.45, 7) is 0. The maximum atomic E-state index is 2.54. The Balaban J connectivity index is 2.06. The van der Waals surface area contributed by atoms with Gasteiger partial charge in [-0.2, -0.15) is 0 Å². The Bertz CT molecular complexity index is 155. The van der Waals surface area contributed by atoms with E-state index in [4.69, 9.17) is 0 Å². The van der Waals surface area contributed by atoms with Crippen molar-refractivity contribution in [3.63, 3.8) is 0 Å². The monoisotopic (exact) mass is 150 g/mol. The second-order valence-corrected chi connectivity index (χ2v) is 4.01. The van der Waals surface area contributed by atoms with Gasteiger partial charge in [0, 0.05) is 0 Å². The Morgan fingerprint density at radius 3 is 2.73 bits per heavy atom. The molecule has 0 heteroatoms. The van der Waals surface area contributed by atoms with Crippen LogP contribution >= 0.6 is 0 Å². The number of hydrogen-bond acceptors (Lipinski definition) is 0. The SMILES string of the molecule is C1=C2CCCCC2CCCC1. The molecule has 0 aliphatic heterocycles. The highest BCUT2D eigenvalue weighted by Gasteiger charge is 2.19. The first-order valence-electron chi connectivity index (χ1n) is 5.16.